The fraction of sp³-hybridized carbons (Fsp3) is 0.471. The van der Waals surface area contributed by atoms with E-state index in [1.807, 2.05) is 5.38 Å². The van der Waals surface area contributed by atoms with E-state index in [-0.39, 0.29) is 0 Å². The van der Waals surface area contributed by atoms with Crippen LogP contribution in [0.2, 0.25) is 0 Å². The molecule has 0 aliphatic rings. The third-order valence-corrected chi connectivity index (χ3v) is 4.64. The van der Waals surface area contributed by atoms with Gasteiger partial charge in [0.05, 0.1) is 11.6 Å². The molecule has 1 aromatic carbocycles. The van der Waals surface area contributed by atoms with E-state index in [9.17, 15) is 0 Å². The zero-order valence-electron chi connectivity index (χ0n) is 13.0. The summed E-state index contributed by atoms with van der Waals surface area (Å²) < 4.78 is 0. The van der Waals surface area contributed by atoms with E-state index < -0.39 is 0 Å². The predicted molar refractivity (Wildman–Crippen MR) is 92.9 cm³/mol. The Morgan fingerprint density at radius 2 is 1.95 bits per heavy atom. The van der Waals surface area contributed by atoms with E-state index in [1.54, 1.807) is 11.3 Å². The van der Waals surface area contributed by atoms with Gasteiger partial charge in [-0.1, -0.05) is 38.1 Å². The van der Waals surface area contributed by atoms with Gasteiger partial charge in [-0.25, -0.2) is 4.98 Å². The summed E-state index contributed by atoms with van der Waals surface area (Å²) in [7, 11) is 2.18. The molecule has 114 valence electrons. The average Bonchev–Trinajstić information content (AvgIpc) is 2.95. The molecule has 0 atom stereocenters. The van der Waals surface area contributed by atoms with Crippen LogP contribution >= 0.6 is 22.9 Å². The Kier molecular flexibility index (Phi) is 6.22. The van der Waals surface area contributed by atoms with Gasteiger partial charge in [0, 0.05) is 17.5 Å². The molecule has 0 unspecified atom stereocenters. The molecule has 2 nitrogen and oxygen atoms in total. The summed E-state index contributed by atoms with van der Waals surface area (Å²) in [4.78, 5) is 6.89. The van der Waals surface area contributed by atoms with Gasteiger partial charge in [-0.2, -0.15) is 0 Å². The van der Waals surface area contributed by atoms with Gasteiger partial charge in [-0.05, 0) is 31.5 Å². The highest BCUT2D eigenvalue weighted by Crippen LogP contribution is 2.24. The van der Waals surface area contributed by atoms with Crippen LogP contribution in [0.25, 0.3) is 10.6 Å². The van der Waals surface area contributed by atoms with Gasteiger partial charge >= 0.3 is 0 Å². The summed E-state index contributed by atoms with van der Waals surface area (Å²) in [6.07, 6.45) is 1.24. The fourth-order valence-electron chi connectivity index (χ4n) is 2.12. The van der Waals surface area contributed by atoms with Crippen molar-refractivity contribution in [3.8, 4) is 10.6 Å². The van der Waals surface area contributed by atoms with Crippen LogP contribution in [0.15, 0.2) is 29.6 Å². The zero-order chi connectivity index (χ0) is 15.2. The first-order chi connectivity index (χ1) is 10.1. The topological polar surface area (TPSA) is 16.1 Å². The summed E-state index contributed by atoms with van der Waals surface area (Å²) in [6.45, 7) is 6.68. The summed E-state index contributed by atoms with van der Waals surface area (Å²) >= 11 is 7.45. The Balaban J connectivity index is 1.95. The molecule has 21 heavy (non-hydrogen) atoms. The summed E-state index contributed by atoms with van der Waals surface area (Å²) in [5, 5.41) is 3.07. The van der Waals surface area contributed by atoms with Crippen molar-refractivity contribution >= 4 is 22.9 Å². The second kappa shape index (κ2) is 7.92. The number of halogens is 1. The molecule has 0 spiro atoms. The standard InChI is InChI=1S/C17H23ClN2S/c1-13(2)8-9-20(3)11-14-4-6-15(7-5-14)17-19-16(10-18)12-21-17/h4-7,12-13H,8-11H2,1-3H3. The van der Waals surface area contributed by atoms with Crippen LogP contribution in [0.4, 0.5) is 0 Å². The molecule has 0 saturated carbocycles. The average molecular weight is 323 g/mol. The van der Waals surface area contributed by atoms with Crippen LogP contribution in [-0.4, -0.2) is 23.5 Å². The Morgan fingerprint density at radius 1 is 1.24 bits per heavy atom. The Bertz CT molecular complexity index is 548. The maximum Gasteiger partial charge on any atom is 0.123 e. The minimum Gasteiger partial charge on any atom is -0.302 e. The monoisotopic (exact) mass is 322 g/mol. The van der Waals surface area contributed by atoms with Gasteiger partial charge < -0.3 is 4.90 Å². The lowest BCUT2D eigenvalue weighted by atomic mass is 10.1. The highest BCUT2D eigenvalue weighted by molar-refractivity contribution is 7.13. The molecule has 0 fully saturated rings. The number of hydrogen-bond donors (Lipinski definition) is 0. The van der Waals surface area contributed by atoms with E-state index in [0.717, 1.165) is 29.7 Å². The van der Waals surface area contributed by atoms with E-state index >= 15 is 0 Å². The second-order valence-electron chi connectivity index (χ2n) is 5.89. The minimum absolute atomic E-state index is 0.481. The number of nitrogens with zero attached hydrogens (tertiary/aromatic N) is 2. The van der Waals surface area contributed by atoms with Gasteiger partial charge in [0.25, 0.3) is 0 Å². The van der Waals surface area contributed by atoms with E-state index in [0.29, 0.717) is 5.88 Å². The normalized spacial score (nSPS) is 11.5. The third kappa shape index (κ3) is 5.10. The molecule has 0 aliphatic carbocycles. The van der Waals surface area contributed by atoms with Crippen molar-refractivity contribution in [2.45, 2.75) is 32.7 Å². The van der Waals surface area contributed by atoms with E-state index in [4.69, 9.17) is 11.6 Å². The Hall–Kier alpha value is -0.900. The first-order valence-corrected chi connectivity index (χ1v) is 8.78. The maximum atomic E-state index is 5.80. The molecule has 0 bridgehead atoms. The van der Waals surface area contributed by atoms with Crippen LogP contribution in [0, 0.1) is 5.92 Å². The molecule has 0 N–H and O–H groups in total. The molecule has 0 saturated heterocycles. The van der Waals surface area contributed by atoms with Crippen molar-refractivity contribution in [3.63, 3.8) is 0 Å². The predicted octanol–water partition coefficient (Wildman–Crippen LogP) is 5.03. The van der Waals surface area contributed by atoms with Crippen LogP contribution in [0.1, 0.15) is 31.5 Å². The molecule has 0 amide bonds. The van der Waals surface area contributed by atoms with Crippen molar-refractivity contribution in [1.82, 2.24) is 9.88 Å². The molecule has 2 rings (SSSR count). The molecule has 4 heteroatoms. The van der Waals surface area contributed by atoms with Gasteiger partial charge in [0.2, 0.25) is 0 Å². The van der Waals surface area contributed by atoms with E-state index in [2.05, 4.69) is 55.0 Å². The highest BCUT2D eigenvalue weighted by Gasteiger charge is 2.06. The molecular formula is C17H23ClN2S. The Labute approximate surface area is 136 Å². The summed E-state index contributed by atoms with van der Waals surface area (Å²) in [5.74, 6) is 1.24. The number of thiazole rings is 1. The van der Waals surface area contributed by atoms with Gasteiger partial charge in [-0.15, -0.1) is 22.9 Å². The minimum atomic E-state index is 0.481. The number of hydrogen-bond acceptors (Lipinski definition) is 3. The summed E-state index contributed by atoms with van der Waals surface area (Å²) in [5.41, 5.74) is 3.47. The smallest absolute Gasteiger partial charge is 0.123 e. The van der Waals surface area contributed by atoms with Crippen molar-refractivity contribution in [3.05, 3.63) is 40.9 Å². The molecular weight excluding hydrogens is 300 g/mol. The number of alkyl halides is 1. The number of benzene rings is 1. The fourth-order valence-corrected chi connectivity index (χ4v) is 3.18. The number of rotatable bonds is 7. The first kappa shape index (κ1) is 16.5. The van der Waals surface area contributed by atoms with Gasteiger partial charge in [0.1, 0.15) is 5.01 Å². The second-order valence-corrected chi connectivity index (χ2v) is 7.02. The van der Waals surface area contributed by atoms with Gasteiger partial charge in [-0.3, -0.25) is 0 Å². The maximum absolute atomic E-state index is 5.80. The molecule has 1 heterocycles. The molecule has 1 aromatic heterocycles. The lowest BCUT2D eigenvalue weighted by Crippen LogP contribution is -2.20. The quantitative estimate of drug-likeness (QED) is 0.665. The first-order valence-electron chi connectivity index (χ1n) is 7.36. The van der Waals surface area contributed by atoms with Crippen LogP contribution in [-0.2, 0) is 12.4 Å². The molecule has 0 aliphatic heterocycles. The van der Waals surface area contributed by atoms with Crippen molar-refractivity contribution in [2.24, 2.45) is 5.92 Å². The number of aromatic nitrogens is 1. The van der Waals surface area contributed by atoms with Crippen molar-refractivity contribution in [2.75, 3.05) is 13.6 Å². The van der Waals surface area contributed by atoms with Gasteiger partial charge in [0.15, 0.2) is 0 Å². The van der Waals surface area contributed by atoms with Crippen LogP contribution < -0.4 is 0 Å². The lowest BCUT2D eigenvalue weighted by molar-refractivity contribution is 0.303. The third-order valence-electron chi connectivity index (χ3n) is 3.43. The van der Waals surface area contributed by atoms with Crippen LogP contribution in [0.3, 0.4) is 0 Å². The largest absolute Gasteiger partial charge is 0.302 e. The van der Waals surface area contributed by atoms with E-state index in [1.165, 1.54) is 17.5 Å². The zero-order valence-corrected chi connectivity index (χ0v) is 14.5. The molecule has 0 radical (unpaired) electrons. The summed E-state index contributed by atoms with van der Waals surface area (Å²) in [6, 6.07) is 8.71. The Morgan fingerprint density at radius 3 is 2.52 bits per heavy atom. The lowest BCUT2D eigenvalue weighted by Gasteiger charge is -2.18. The van der Waals surface area contributed by atoms with Crippen molar-refractivity contribution < 1.29 is 0 Å². The highest BCUT2D eigenvalue weighted by atomic mass is 35.5. The van der Waals surface area contributed by atoms with Crippen molar-refractivity contribution in [1.29, 1.82) is 0 Å². The van der Waals surface area contributed by atoms with Crippen LogP contribution in [0.5, 0.6) is 0 Å². The molecule has 2 aromatic rings. The SMILES string of the molecule is CC(C)CCN(C)Cc1ccc(-c2nc(CCl)cs2)cc1.